The summed E-state index contributed by atoms with van der Waals surface area (Å²) in [7, 11) is 3.27. The van der Waals surface area contributed by atoms with Crippen molar-refractivity contribution >= 4 is 5.91 Å². The quantitative estimate of drug-likeness (QED) is 0.796. The van der Waals surface area contributed by atoms with E-state index in [2.05, 4.69) is 0 Å². The van der Waals surface area contributed by atoms with Gasteiger partial charge < -0.3 is 9.64 Å². The Bertz CT molecular complexity index is 701. The Hall–Kier alpha value is -2.43. The van der Waals surface area contributed by atoms with Crippen molar-refractivity contribution in [1.29, 1.82) is 0 Å². The highest BCUT2D eigenvalue weighted by molar-refractivity contribution is 5.76. The first-order chi connectivity index (χ1) is 11.4. The van der Waals surface area contributed by atoms with Gasteiger partial charge in [0.05, 0.1) is 13.2 Å². The molecule has 0 aliphatic carbocycles. The van der Waals surface area contributed by atoms with E-state index < -0.39 is 11.6 Å². The molecule has 1 unspecified atom stereocenters. The van der Waals surface area contributed by atoms with Crippen LogP contribution in [-0.4, -0.2) is 25.0 Å². The predicted molar refractivity (Wildman–Crippen MR) is 88.9 cm³/mol. The van der Waals surface area contributed by atoms with Crippen LogP contribution in [0.25, 0.3) is 0 Å². The number of hydrogen-bond acceptors (Lipinski definition) is 2. The number of methoxy groups -OCH3 is 1. The fourth-order valence-corrected chi connectivity index (χ4v) is 2.43. The van der Waals surface area contributed by atoms with Crippen LogP contribution in [0.3, 0.4) is 0 Å². The molecule has 0 heterocycles. The average Bonchev–Trinajstić information content (AvgIpc) is 2.61. The Labute approximate surface area is 140 Å². The van der Waals surface area contributed by atoms with Gasteiger partial charge in [-0.05, 0) is 48.7 Å². The molecule has 0 spiro atoms. The van der Waals surface area contributed by atoms with Gasteiger partial charge in [0.25, 0.3) is 0 Å². The van der Waals surface area contributed by atoms with Gasteiger partial charge in [-0.15, -0.1) is 0 Å². The number of aryl methyl sites for hydroxylation is 1. The summed E-state index contributed by atoms with van der Waals surface area (Å²) in [5.74, 6) is -1.07. The van der Waals surface area contributed by atoms with Gasteiger partial charge in [0.1, 0.15) is 5.75 Å². The van der Waals surface area contributed by atoms with Crippen molar-refractivity contribution in [2.75, 3.05) is 14.2 Å². The maximum absolute atomic E-state index is 13.3. The summed E-state index contributed by atoms with van der Waals surface area (Å²) in [4.78, 5) is 13.9. The molecule has 0 saturated heterocycles. The first kappa shape index (κ1) is 17.9. The molecule has 128 valence electrons. The highest BCUT2D eigenvalue weighted by Crippen LogP contribution is 2.22. The van der Waals surface area contributed by atoms with E-state index in [0.717, 1.165) is 23.4 Å². The Morgan fingerprint density at radius 1 is 1.12 bits per heavy atom. The molecule has 1 amide bonds. The number of amides is 1. The Morgan fingerprint density at radius 2 is 1.79 bits per heavy atom. The summed E-state index contributed by atoms with van der Waals surface area (Å²) in [6.45, 7) is 1.79. The van der Waals surface area contributed by atoms with Gasteiger partial charge in [-0.3, -0.25) is 4.79 Å². The number of ether oxygens (including phenoxy) is 1. The maximum Gasteiger partial charge on any atom is 0.223 e. The number of hydrogen-bond donors (Lipinski definition) is 0. The maximum atomic E-state index is 13.3. The molecule has 2 aromatic carbocycles. The zero-order chi connectivity index (χ0) is 17.7. The summed E-state index contributed by atoms with van der Waals surface area (Å²) in [6.07, 6.45) is 0.953. The third-order valence-corrected chi connectivity index (χ3v) is 4.19. The van der Waals surface area contributed by atoms with Crippen LogP contribution in [0.4, 0.5) is 8.78 Å². The van der Waals surface area contributed by atoms with Crippen molar-refractivity contribution in [2.24, 2.45) is 0 Å². The molecule has 0 N–H and O–H groups in total. The molecule has 0 saturated carbocycles. The monoisotopic (exact) mass is 333 g/mol. The van der Waals surface area contributed by atoms with E-state index in [0.29, 0.717) is 18.4 Å². The summed E-state index contributed by atoms with van der Waals surface area (Å²) >= 11 is 0. The van der Waals surface area contributed by atoms with Gasteiger partial charge in [0, 0.05) is 13.5 Å². The van der Waals surface area contributed by atoms with Crippen molar-refractivity contribution in [1.82, 2.24) is 4.90 Å². The van der Waals surface area contributed by atoms with Crippen molar-refractivity contribution in [3.05, 3.63) is 65.2 Å². The van der Waals surface area contributed by atoms with Crippen LogP contribution in [0.1, 0.15) is 30.5 Å². The zero-order valence-corrected chi connectivity index (χ0v) is 14.1. The molecule has 3 nitrogen and oxygen atoms in total. The van der Waals surface area contributed by atoms with E-state index in [9.17, 15) is 13.6 Å². The van der Waals surface area contributed by atoms with Gasteiger partial charge in [0.15, 0.2) is 11.6 Å². The molecule has 1 atom stereocenters. The Balaban J connectivity index is 1.96. The second kappa shape index (κ2) is 7.90. The van der Waals surface area contributed by atoms with Crippen molar-refractivity contribution in [3.63, 3.8) is 0 Å². The van der Waals surface area contributed by atoms with Gasteiger partial charge in [0.2, 0.25) is 5.91 Å². The number of carbonyl (C=O) groups is 1. The van der Waals surface area contributed by atoms with Crippen molar-refractivity contribution in [3.8, 4) is 5.75 Å². The van der Waals surface area contributed by atoms with Crippen LogP contribution >= 0.6 is 0 Å². The molecular weight excluding hydrogens is 312 g/mol. The molecule has 0 aromatic heterocycles. The van der Waals surface area contributed by atoms with Crippen LogP contribution in [0.5, 0.6) is 5.75 Å². The molecule has 2 rings (SSSR count). The van der Waals surface area contributed by atoms with E-state index in [-0.39, 0.29) is 11.9 Å². The van der Waals surface area contributed by atoms with Gasteiger partial charge in [-0.1, -0.05) is 18.2 Å². The normalized spacial score (nSPS) is 11.9. The van der Waals surface area contributed by atoms with Crippen molar-refractivity contribution < 1.29 is 18.3 Å². The first-order valence-electron chi connectivity index (χ1n) is 7.76. The molecule has 0 aliphatic heterocycles. The first-order valence-corrected chi connectivity index (χ1v) is 7.76. The van der Waals surface area contributed by atoms with Crippen LogP contribution in [-0.2, 0) is 11.2 Å². The lowest BCUT2D eigenvalue weighted by atomic mass is 10.1. The van der Waals surface area contributed by atoms with E-state index >= 15 is 0 Å². The Morgan fingerprint density at radius 3 is 2.38 bits per heavy atom. The lowest BCUT2D eigenvalue weighted by Crippen LogP contribution is -2.29. The molecule has 0 radical (unpaired) electrons. The standard InChI is InChI=1S/C19H21F2NO2/c1-13(15-7-10-17(20)18(21)12-15)22(2)19(23)11-6-14-4-8-16(24-3)9-5-14/h4-5,7-10,12-13H,6,11H2,1-3H3. The Kier molecular flexibility index (Phi) is 5.90. The number of benzene rings is 2. The minimum absolute atomic E-state index is 0.0527. The predicted octanol–water partition coefficient (Wildman–Crippen LogP) is 4.13. The number of halogens is 2. The van der Waals surface area contributed by atoms with Crippen molar-refractivity contribution in [2.45, 2.75) is 25.8 Å². The molecule has 2 aromatic rings. The lowest BCUT2D eigenvalue weighted by molar-refractivity contribution is -0.131. The second-order valence-corrected chi connectivity index (χ2v) is 5.70. The van der Waals surface area contributed by atoms with Gasteiger partial charge in [-0.2, -0.15) is 0 Å². The zero-order valence-electron chi connectivity index (χ0n) is 14.1. The SMILES string of the molecule is COc1ccc(CCC(=O)N(C)C(C)c2ccc(F)c(F)c2)cc1. The topological polar surface area (TPSA) is 29.5 Å². The fourth-order valence-electron chi connectivity index (χ4n) is 2.43. The number of nitrogens with zero attached hydrogens (tertiary/aromatic N) is 1. The smallest absolute Gasteiger partial charge is 0.223 e. The third kappa shape index (κ3) is 4.31. The van der Waals surface area contributed by atoms with Crippen LogP contribution in [0, 0.1) is 11.6 Å². The lowest BCUT2D eigenvalue weighted by Gasteiger charge is -2.25. The van der Waals surface area contributed by atoms with Gasteiger partial charge >= 0.3 is 0 Å². The molecule has 0 aliphatic rings. The van der Waals surface area contributed by atoms with E-state index in [4.69, 9.17) is 4.74 Å². The van der Waals surface area contributed by atoms with E-state index in [1.54, 1.807) is 26.0 Å². The second-order valence-electron chi connectivity index (χ2n) is 5.70. The van der Waals surface area contributed by atoms with E-state index in [1.807, 2.05) is 24.3 Å². The summed E-state index contributed by atoms with van der Waals surface area (Å²) in [6, 6.07) is 10.9. The number of carbonyl (C=O) groups excluding carboxylic acids is 1. The number of rotatable bonds is 6. The highest BCUT2D eigenvalue weighted by Gasteiger charge is 2.18. The van der Waals surface area contributed by atoms with Crippen LogP contribution < -0.4 is 4.74 Å². The molecule has 5 heteroatoms. The summed E-state index contributed by atoms with van der Waals surface area (Å²) in [5.41, 5.74) is 1.60. The van der Waals surface area contributed by atoms with Gasteiger partial charge in [-0.25, -0.2) is 8.78 Å². The molecule has 0 bridgehead atoms. The minimum atomic E-state index is -0.904. The fraction of sp³-hybridized carbons (Fsp3) is 0.316. The van der Waals surface area contributed by atoms with E-state index in [1.165, 1.54) is 6.07 Å². The molecule has 24 heavy (non-hydrogen) atoms. The largest absolute Gasteiger partial charge is 0.497 e. The summed E-state index contributed by atoms with van der Waals surface area (Å²) in [5, 5.41) is 0. The summed E-state index contributed by atoms with van der Waals surface area (Å²) < 4.78 is 31.5. The highest BCUT2D eigenvalue weighted by atomic mass is 19.2. The minimum Gasteiger partial charge on any atom is -0.497 e. The third-order valence-electron chi connectivity index (χ3n) is 4.19. The van der Waals surface area contributed by atoms with Crippen LogP contribution in [0.2, 0.25) is 0 Å². The average molecular weight is 333 g/mol. The molecular formula is C19H21F2NO2. The molecule has 0 fully saturated rings. The van der Waals surface area contributed by atoms with Crippen LogP contribution in [0.15, 0.2) is 42.5 Å².